The molecule has 2 rings (SSSR count). The topological polar surface area (TPSA) is 40.5 Å². The molecule has 1 amide bonds. The van der Waals surface area contributed by atoms with Crippen molar-refractivity contribution in [2.75, 3.05) is 5.06 Å². The highest BCUT2D eigenvalue weighted by molar-refractivity contribution is 6.02. The lowest BCUT2D eigenvalue weighted by Gasteiger charge is -2.12. The Morgan fingerprint density at radius 2 is 1.50 bits per heavy atom. The molecule has 1 N–H and O–H groups in total. The number of nitrogens with zero attached hydrogens (tertiary/aromatic N) is 1. The summed E-state index contributed by atoms with van der Waals surface area (Å²) in [5, 5.41) is 10.3. The smallest absolute Gasteiger partial charge is 0.274 e. The van der Waals surface area contributed by atoms with E-state index >= 15 is 0 Å². The molecule has 0 fully saturated rings. The van der Waals surface area contributed by atoms with Gasteiger partial charge in [0.15, 0.2) is 0 Å². The van der Waals surface area contributed by atoms with Gasteiger partial charge in [0.05, 0.1) is 5.69 Å². The minimum absolute atomic E-state index is 0.445. The van der Waals surface area contributed by atoms with Gasteiger partial charge in [-0.05, 0) is 23.8 Å². The maximum atomic E-state index is 11.7. The summed E-state index contributed by atoms with van der Waals surface area (Å²) < 4.78 is 0. The van der Waals surface area contributed by atoms with Gasteiger partial charge < -0.3 is 0 Å². The van der Waals surface area contributed by atoms with Crippen LogP contribution in [0.3, 0.4) is 0 Å². The summed E-state index contributed by atoms with van der Waals surface area (Å²) in [6.07, 6.45) is 3.00. The van der Waals surface area contributed by atoms with Gasteiger partial charge in [0, 0.05) is 6.08 Å². The Morgan fingerprint density at radius 3 is 2.11 bits per heavy atom. The number of rotatable bonds is 3. The van der Waals surface area contributed by atoms with E-state index in [9.17, 15) is 10.0 Å². The van der Waals surface area contributed by atoms with Crippen molar-refractivity contribution in [3.63, 3.8) is 0 Å². The molecule has 2 aromatic rings. The first kappa shape index (κ1) is 12.1. The molecule has 0 bridgehead atoms. The summed E-state index contributed by atoms with van der Waals surface area (Å²) in [5.41, 5.74) is 1.35. The molecule has 0 aliphatic carbocycles. The molecule has 0 unspecified atom stereocenters. The van der Waals surface area contributed by atoms with Gasteiger partial charge in [0.25, 0.3) is 5.91 Å². The molecule has 0 aliphatic rings. The van der Waals surface area contributed by atoms with Crippen LogP contribution >= 0.6 is 0 Å². The number of hydrogen-bond donors (Lipinski definition) is 1. The van der Waals surface area contributed by atoms with E-state index in [1.165, 1.54) is 6.08 Å². The van der Waals surface area contributed by atoms with Crippen molar-refractivity contribution in [1.29, 1.82) is 0 Å². The SMILES string of the molecule is O=C(C=Cc1ccccc1)N(O)c1ccccc1. The molecule has 0 spiro atoms. The average Bonchev–Trinajstić information content (AvgIpc) is 2.46. The quantitative estimate of drug-likeness (QED) is 0.508. The summed E-state index contributed by atoms with van der Waals surface area (Å²) in [5.74, 6) is -0.481. The fourth-order valence-electron chi connectivity index (χ4n) is 1.50. The second-order valence-corrected chi connectivity index (χ2v) is 3.73. The fourth-order valence-corrected chi connectivity index (χ4v) is 1.50. The molecule has 3 nitrogen and oxygen atoms in total. The molecule has 90 valence electrons. The first-order valence-electron chi connectivity index (χ1n) is 5.58. The molecule has 3 heteroatoms. The zero-order valence-electron chi connectivity index (χ0n) is 9.73. The van der Waals surface area contributed by atoms with E-state index in [0.29, 0.717) is 10.8 Å². The number of hydroxylamine groups is 1. The maximum absolute atomic E-state index is 11.7. The van der Waals surface area contributed by atoms with Crippen LogP contribution in [0.15, 0.2) is 66.7 Å². The minimum atomic E-state index is -0.481. The highest BCUT2D eigenvalue weighted by Crippen LogP contribution is 2.11. The van der Waals surface area contributed by atoms with Crippen molar-refractivity contribution in [1.82, 2.24) is 0 Å². The zero-order chi connectivity index (χ0) is 12.8. The third-order valence-electron chi connectivity index (χ3n) is 2.43. The standard InChI is InChI=1S/C15H13NO2/c17-15(12-11-13-7-3-1-4-8-13)16(18)14-9-5-2-6-10-14/h1-12,18H. The van der Waals surface area contributed by atoms with Gasteiger partial charge in [0.2, 0.25) is 0 Å². The zero-order valence-corrected chi connectivity index (χ0v) is 9.73. The van der Waals surface area contributed by atoms with Crippen molar-refractivity contribution in [2.24, 2.45) is 0 Å². The van der Waals surface area contributed by atoms with Crippen LogP contribution in [0.25, 0.3) is 6.08 Å². The highest BCUT2D eigenvalue weighted by atomic mass is 16.5. The van der Waals surface area contributed by atoms with Crippen LogP contribution in [0.1, 0.15) is 5.56 Å². The van der Waals surface area contributed by atoms with Crippen LogP contribution in [0.2, 0.25) is 0 Å². The largest absolute Gasteiger partial charge is 0.281 e. The van der Waals surface area contributed by atoms with E-state index in [4.69, 9.17) is 0 Å². The predicted molar refractivity (Wildman–Crippen MR) is 71.2 cm³/mol. The van der Waals surface area contributed by atoms with Crippen LogP contribution in [0.5, 0.6) is 0 Å². The minimum Gasteiger partial charge on any atom is -0.281 e. The molecule has 0 saturated carbocycles. The molecule has 18 heavy (non-hydrogen) atoms. The summed E-state index contributed by atoms with van der Waals surface area (Å²) in [7, 11) is 0. The van der Waals surface area contributed by atoms with Gasteiger partial charge in [0.1, 0.15) is 0 Å². The third-order valence-corrected chi connectivity index (χ3v) is 2.43. The number of para-hydroxylation sites is 1. The molecule has 2 aromatic carbocycles. The number of hydrogen-bond acceptors (Lipinski definition) is 2. The van der Waals surface area contributed by atoms with E-state index in [1.54, 1.807) is 30.3 Å². The van der Waals surface area contributed by atoms with Gasteiger partial charge in [-0.25, -0.2) is 0 Å². The van der Waals surface area contributed by atoms with Crippen molar-refractivity contribution in [2.45, 2.75) is 0 Å². The Labute approximate surface area is 106 Å². The number of anilines is 1. The predicted octanol–water partition coefficient (Wildman–Crippen LogP) is 3.12. The second kappa shape index (κ2) is 5.80. The maximum Gasteiger partial charge on any atom is 0.274 e. The van der Waals surface area contributed by atoms with Crippen LogP contribution in [-0.4, -0.2) is 11.1 Å². The van der Waals surface area contributed by atoms with Gasteiger partial charge in [-0.1, -0.05) is 48.5 Å². The van der Waals surface area contributed by atoms with Crippen molar-refractivity contribution in [3.05, 3.63) is 72.3 Å². The molecule has 0 atom stereocenters. The average molecular weight is 239 g/mol. The first-order chi connectivity index (χ1) is 8.77. The summed E-state index contributed by atoms with van der Waals surface area (Å²) >= 11 is 0. The molecular formula is C15H13NO2. The van der Waals surface area contributed by atoms with Gasteiger partial charge in [-0.3, -0.25) is 10.0 Å². The normalized spacial score (nSPS) is 10.5. The Bertz CT molecular complexity index is 535. The Morgan fingerprint density at radius 1 is 0.944 bits per heavy atom. The van der Waals surface area contributed by atoms with Crippen molar-refractivity contribution >= 4 is 17.7 Å². The summed E-state index contributed by atoms with van der Waals surface area (Å²) in [6.45, 7) is 0. The first-order valence-corrected chi connectivity index (χ1v) is 5.58. The third kappa shape index (κ3) is 3.06. The van der Waals surface area contributed by atoms with Crippen LogP contribution in [0, 0.1) is 0 Å². The Kier molecular flexibility index (Phi) is 3.89. The second-order valence-electron chi connectivity index (χ2n) is 3.73. The number of amides is 1. The van der Waals surface area contributed by atoms with Crippen molar-refractivity contribution in [3.8, 4) is 0 Å². The highest BCUT2D eigenvalue weighted by Gasteiger charge is 2.08. The van der Waals surface area contributed by atoms with Crippen LogP contribution in [0.4, 0.5) is 5.69 Å². The lowest BCUT2D eigenvalue weighted by Crippen LogP contribution is -2.24. The summed E-state index contributed by atoms with van der Waals surface area (Å²) in [4.78, 5) is 11.7. The Balaban J connectivity index is 2.07. The van der Waals surface area contributed by atoms with Crippen LogP contribution in [-0.2, 0) is 4.79 Å². The van der Waals surface area contributed by atoms with E-state index in [0.717, 1.165) is 5.56 Å². The molecule has 0 aromatic heterocycles. The fraction of sp³-hybridized carbons (Fsp3) is 0. The van der Waals surface area contributed by atoms with E-state index in [2.05, 4.69) is 0 Å². The molecule has 0 saturated heterocycles. The van der Waals surface area contributed by atoms with Gasteiger partial charge in [-0.15, -0.1) is 0 Å². The lowest BCUT2D eigenvalue weighted by molar-refractivity contribution is -0.118. The van der Waals surface area contributed by atoms with Gasteiger partial charge >= 0.3 is 0 Å². The summed E-state index contributed by atoms with van der Waals surface area (Å²) in [6, 6.07) is 18.1. The Hall–Kier alpha value is -2.39. The molecular weight excluding hydrogens is 226 g/mol. The number of carbonyl (C=O) groups excluding carboxylic acids is 1. The molecule has 0 aliphatic heterocycles. The molecule has 0 heterocycles. The van der Waals surface area contributed by atoms with Crippen LogP contribution < -0.4 is 5.06 Å². The number of benzene rings is 2. The number of carbonyl (C=O) groups is 1. The molecule has 0 radical (unpaired) electrons. The van der Waals surface area contributed by atoms with Gasteiger partial charge in [-0.2, -0.15) is 5.06 Å². The van der Waals surface area contributed by atoms with Crippen molar-refractivity contribution < 1.29 is 10.0 Å². The lowest BCUT2D eigenvalue weighted by atomic mass is 10.2. The van der Waals surface area contributed by atoms with E-state index in [-0.39, 0.29) is 0 Å². The monoisotopic (exact) mass is 239 g/mol. The van der Waals surface area contributed by atoms with E-state index < -0.39 is 5.91 Å². The van der Waals surface area contributed by atoms with E-state index in [1.807, 2.05) is 36.4 Å².